The van der Waals surface area contributed by atoms with Crippen LogP contribution in [0.3, 0.4) is 0 Å². The Bertz CT molecular complexity index is 339. The van der Waals surface area contributed by atoms with E-state index in [1.165, 1.54) is 0 Å². The smallest absolute Gasteiger partial charge is 0.142 e. The Morgan fingerprint density at radius 3 is 2.64 bits per heavy atom. The summed E-state index contributed by atoms with van der Waals surface area (Å²) in [5.74, 6) is 1.31. The van der Waals surface area contributed by atoms with Gasteiger partial charge in [0.25, 0.3) is 0 Å². The summed E-state index contributed by atoms with van der Waals surface area (Å²) in [5, 5.41) is 11.9. The normalized spacial score (nSPS) is 12.2. The third kappa shape index (κ3) is 2.74. The van der Waals surface area contributed by atoms with Gasteiger partial charge in [-0.1, -0.05) is 19.9 Å². The topological polar surface area (TPSA) is 48.7 Å². The number of pyridine rings is 1. The van der Waals surface area contributed by atoms with E-state index in [9.17, 15) is 0 Å². The van der Waals surface area contributed by atoms with Crippen LogP contribution in [0.1, 0.15) is 26.5 Å². The van der Waals surface area contributed by atoms with E-state index >= 15 is 0 Å². The number of nitrogens with zero attached hydrogens (tertiary/aromatic N) is 2. The molecule has 0 aliphatic rings. The quantitative estimate of drug-likeness (QED) is 0.794. The molecule has 0 saturated heterocycles. The summed E-state index contributed by atoms with van der Waals surface area (Å²) in [6, 6.07) is 7.79. The van der Waals surface area contributed by atoms with Gasteiger partial charge >= 0.3 is 0 Å². The summed E-state index contributed by atoms with van der Waals surface area (Å²) in [6.45, 7) is 6.39. The van der Waals surface area contributed by atoms with Gasteiger partial charge in [-0.05, 0) is 25.0 Å². The SMILES string of the molecule is CC(C)C(C)Nc1cccc(C#N)n1. The molecule has 1 aromatic heterocycles. The molecular formula is C11H15N3. The van der Waals surface area contributed by atoms with Gasteiger partial charge in [0.2, 0.25) is 0 Å². The zero-order valence-corrected chi connectivity index (χ0v) is 8.78. The molecular weight excluding hydrogens is 174 g/mol. The Balaban J connectivity index is 2.73. The summed E-state index contributed by atoms with van der Waals surface area (Å²) in [7, 11) is 0. The third-order valence-corrected chi connectivity index (χ3v) is 2.24. The fraction of sp³-hybridized carbons (Fsp3) is 0.455. The van der Waals surface area contributed by atoms with Crippen LogP contribution in [0.25, 0.3) is 0 Å². The van der Waals surface area contributed by atoms with E-state index in [2.05, 4.69) is 31.1 Å². The van der Waals surface area contributed by atoms with Crippen molar-refractivity contribution < 1.29 is 0 Å². The highest BCUT2D eigenvalue weighted by Crippen LogP contribution is 2.10. The van der Waals surface area contributed by atoms with Crippen molar-refractivity contribution in [3.8, 4) is 6.07 Å². The molecule has 14 heavy (non-hydrogen) atoms. The van der Waals surface area contributed by atoms with E-state index in [1.54, 1.807) is 6.07 Å². The first-order valence-electron chi connectivity index (χ1n) is 4.77. The molecule has 0 saturated carbocycles. The van der Waals surface area contributed by atoms with Crippen LogP contribution < -0.4 is 5.32 Å². The van der Waals surface area contributed by atoms with Gasteiger partial charge in [0.05, 0.1) is 0 Å². The highest BCUT2D eigenvalue weighted by atomic mass is 15.0. The maximum absolute atomic E-state index is 8.67. The van der Waals surface area contributed by atoms with Crippen LogP contribution >= 0.6 is 0 Å². The van der Waals surface area contributed by atoms with E-state index < -0.39 is 0 Å². The molecule has 0 radical (unpaired) electrons. The van der Waals surface area contributed by atoms with Crippen molar-refractivity contribution in [3.05, 3.63) is 23.9 Å². The molecule has 74 valence electrons. The predicted octanol–water partition coefficient (Wildman–Crippen LogP) is 2.41. The number of anilines is 1. The first-order valence-corrected chi connectivity index (χ1v) is 4.77. The molecule has 0 aliphatic heterocycles. The average Bonchev–Trinajstić information content (AvgIpc) is 2.18. The fourth-order valence-electron chi connectivity index (χ4n) is 0.977. The lowest BCUT2D eigenvalue weighted by Crippen LogP contribution is -2.22. The van der Waals surface area contributed by atoms with Crippen molar-refractivity contribution in [3.63, 3.8) is 0 Å². The number of rotatable bonds is 3. The Hall–Kier alpha value is -1.56. The minimum Gasteiger partial charge on any atom is -0.367 e. The maximum atomic E-state index is 8.67. The zero-order valence-electron chi connectivity index (χ0n) is 8.78. The number of aromatic nitrogens is 1. The van der Waals surface area contributed by atoms with Crippen molar-refractivity contribution in [1.29, 1.82) is 5.26 Å². The predicted molar refractivity (Wildman–Crippen MR) is 56.9 cm³/mol. The van der Waals surface area contributed by atoms with E-state index in [1.807, 2.05) is 18.2 Å². The second-order valence-electron chi connectivity index (χ2n) is 3.70. The van der Waals surface area contributed by atoms with Gasteiger partial charge in [0.15, 0.2) is 0 Å². The largest absolute Gasteiger partial charge is 0.367 e. The molecule has 0 aromatic carbocycles. The van der Waals surface area contributed by atoms with Gasteiger partial charge in [-0.2, -0.15) is 5.26 Å². The first kappa shape index (κ1) is 10.5. The Kier molecular flexibility index (Phi) is 3.47. The first-order chi connectivity index (χ1) is 6.63. The molecule has 1 aromatic rings. The second kappa shape index (κ2) is 4.61. The highest BCUT2D eigenvalue weighted by Gasteiger charge is 2.06. The molecule has 0 bridgehead atoms. The Labute approximate surface area is 84.8 Å². The fourth-order valence-corrected chi connectivity index (χ4v) is 0.977. The van der Waals surface area contributed by atoms with Crippen molar-refractivity contribution in [2.24, 2.45) is 5.92 Å². The molecule has 1 N–H and O–H groups in total. The Morgan fingerprint density at radius 1 is 1.36 bits per heavy atom. The summed E-state index contributed by atoms with van der Waals surface area (Å²) < 4.78 is 0. The minimum absolute atomic E-state index is 0.358. The van der Waals surface area contributed by atoms with Gasteiger partial charge in [0, 0.05) is 6.04 Å². The lowest BCUT2D eigenvalue weighted by atomic mass is 10.1. The van der Waals surface area contributed by atoms with Gasteiger partial charge < -0.3 is 5.32 Å². The van der Waals surface area contributed by atoms with Gasteiger partial charge in [-0.15, -0.1) is 0 Å². The molecule has 0 spiro atoms. The van der Waals surface area contributed by atoms with Crippen molar-refractivity contribution in [2.45, 2.75) is 26.8 Å². The van der Waals surface area contributed by atoms with E-state index in [0.717, 1.165) is 5.82 Å². The standard InChI is InChI=1S/C11H15N3/c1-8(2)9(3)13-11-6-4-5-10(7-12)14-11/h4-6,8-9H,1-3H3,(H,13,14). The summed E-state index contributed by atoms with van der Waals surface area (Å²) in [5.41, 5.74) is 0.450. The molecule has 0 fully saturated rings. The summed E-state index contributed by atoms with van der Waals surface area (Å²) in [4.78, 5) is 4.14. The number of nitrogens with one attached hydrogen (secondary N) is 1. The molecule has 1 rings (SSSR count). The van der Waals surface area contributed by atoms with Crippen molar-refractivity contribution in [2.75, 3.05) is 5.32 Å². The molecule has 0 amide bonds. The summed E-state index contributed by atoms with van der Waals surface area (Å²) in [6.07, 6.45) is 0. The van der Waals surface area contributed by atoms with E-state index in [4.69, 9.17) is 5.26 Å². The van der Waals surface area contributed by atoms with E-state index in [-0.39, 0.29) is 0 Å². The molecule has 3 heteroatoms. The Morgan fingerprint density at radius 2 is 2.07 bits per heavy atom. The average molecular weight is 189 g/mol. The number of nitriles is 1. The monoisotopic (exact) mass is 189 g/mol. The van der Waals surface area contributed by atoms with Gasteiger partial charge in [0.1, 0.15) is 17.6 Å². The number of hydrogen-bond acceptors (Lipinski definition) is 3. The van der Waals surface area contributed by atoms with Crippen LogP contribution in [0.5, 0.6) is 0 Å². The zero-order chi connectivity index (χ0) is 10.6. The van der Waals surface area contributed by atoms with Crippen LogP contribution in [0, 0.1) is 17.2 Å². The second-order valence-corrected chi connectivity index (χ2v) is 3.70. The van der Waals surface area contributed by atoms with Crippen LogP contribution in [0.2, 0.25) is 0 Å². The maximum Gasteiger partial charge on any atom is 0.142 e. The van der Waals surface area contributed by atoms with Gasteiger partial charge in [-0.25, -0.2) is 4.98 Å². The lowest BCUT2D eigenvalue weighted by Gasteiger charge is -2.17. The van der Waals surface area contributed by atoms with Crippen LogP contribution in [0.4, 0.5) is 5.82 Å². The molecule has 3 nitrogen and oxygen atoms in total. The van der Waals surface area contributed by atoms with Crippen molar-refractivity contribution in [1.82, 2.24) is 4.98 Å². The molecule has 1 unspecified atom stereocenters. The number of hydrogen-bond donors (Lipinski definition) is 1. The highest BCUT2D eigenvalue weighted by molar-refractivity contribution is 5.39. The molecule has 0 aliphatic carbocycles. The van der Waals surface area contributed by atoms with Crippen LogP contribution in [-0.2, 0) is 0 Å². The lowest BCUT2D eigenvalue weighted by molar-refractivity contribution is 0.558. The third-order valence-electron chi connectivity index (χ3n) is 2.24. The summed E-state index contributed by atoms with van der Waals surface area (Å²) >= 11 is 0. The molecule has 1 heterocycles. The van der Waals surface area contributed by atoms with Crippen molar-refractivity contribution >= 4 is 5.82 Å². The van der Waals surface area contributed by atoms with E-state index in [0.29, 0.717) is 17.7 Å². The minimum atomic E-state index is 0.358. The molecule has 1 atom stereocenters. The van der Waals surface area contributed by atoms with Gasteiger partial charge in [-0.3, -0.25) is 0 Å². The van der Waals surface area contributed by atoms with Crippen LogP contribution in [0.15, 0.2) is 18.2 Å². The van der Waals surface area contributed by atoms with Crippen LogP contribution in [-0.4, -0.2) is 11.0 Å².